The molecule has 0 spiro atoms. The number of benzene rings is 1. The van der Waals surface area contributed by atoms with Crippen molar-refractivity contribution in [2.45, 2.75) is 26.7 Å². The minimum Gasteiger partial charge on any atom is -0.394 e. The third kappa shape index (κ3) is 2.32. The largest absolute Gasteiger partial charge is 0.394 e. The van der Waals surface area contributed by atoms with Crippen LogP contribution in [0.25, 0.3) is 0 Å². The highest BCUT2D eigenvalue weighted by Gasteiger charge is 2.17. The monoisotopic (exact) mass is 269 g/mol. The van der Waals surface area contributed by atoms with E-state index < -0.39 is 0 Å². The molecule has 5 heteroatoms. The predicted molar refractivity (Wildman–Crippen MR) is 80.9 cm³/mol. The molecule has 0 radical (unpaired) electrons. The quantitative estimate of drug-likeness (QED) is 0.897. The Morgan fingerprint density at radius 3 is 2.65 bits per heavy atom. The average molecular weight is 269 g/mol. The minimum atomic E-state index is 0.254. The van der Waals surface area contributed by atoms with Gasteiger partial charge in [-0.2, -0.15) is 10.4 Å². The molecule has 0 aliphatic carbocycles. The minimum absolute atomic E-state index is 0.254. The summed E-state index contributed by atoms with van der Waals surface area (Å²) in [7, 11) is 1.84. The van der Waals surface area contributed by atoms with Gasteiger partial charge in [-0.05, 0) is 24.5 Å². The van der Waals surface area contributed by atoms with Crippen LogP contribution in [0.4, 0.5) is 17.2 Å². The summed E-state index contributed by atoms with van der Waals surface area (Å²) >= 11 is 0. The number of aromatic nitrogens is 2. The number of nitrogens with one attached hydrogen (secondary N) is 1. The Bertz CT molecular complexity index is 676. The van der Waals surface area contributed by atoms with Crippen molar-refractivity contribution >= 4 is 17.2 Å². The molecule has 1 heterocycles. The van der Waals surface area contributed by atoms with Gasteiger partial charge in [0.1, 0.15) is 6.07 Å². The second-order valence-electron chi connectivity index (χ2n) is 5.16. The molecule has 0 atom stereocenters. The lowest BCUT2D eigenvalue weighted by Crippen LogP contribution is -2.03. The molecule has 20 heavy (non-hydrogen) atoms. The fraction of sp³-hybridized carbons (Fsp3) is 0.333. The number of nitriles is 1. The Balaban J connectivity index is 2.47. The first-order valence-corrected chi connectivity index (χ1v) is 6.54. The number of hydrogen-bond acceptors (Lipinski definition) is 4. The molecular weight excluding hydrogens is 250 g/mol. The number of nitrogen functional groups attached to an aromatic ring is 1. The number of aryl methyl sites for hydroxylation is 2. The Morgan fingerprint density at radius 1 is 1.40 bits per heavy atom. The van der Waals surface area contributed by atoms with E-state index in [2.05, 4.69) is 30.3 Å². The third-order valence-electron chi connectivity index (χ3n) is 3.30. The lowest BCUT2D eigenvalue weighted by Gasteiger charge is -2.11. The van der Waals surface area contributed by atoms with Gasteiger partial charge >= 0.3 is 0 Å². The standard InChI is InChI=1S/C15H19N5/c1-9(2)14-13(17)15(20(4)19-14)18-12-7-5-6-10(3)11(12)8-16/h5-7,9,18H,17H2,1-4H3. The van der Waals surface area contributed by atoms with Crippen LogP contribution >= 0.6 is 0 Å². The molecule has 3 N–H and O–H groups in total. The summed E-state index contributed by atoms with van der Waals surface area (Å²) in [5, 5.41) is 16.9. The number of hydrogen-bond donors (Lipinski definition) is 2. The zero-order valence-electron chi connectivity index (χ0n) is 12.2. The van der Waals surface area contributed by atoms with E-state index in [4.69, 9.17) is 5.73 Å². The first kappa shape index (κ1) is 13.9. The molecule has 0 bridgehead atoms. The molecule has 0 unspecified atom stereocenters. The van der Waals surface area contributed by atoms with Gasteiger partial charge in [-0.25, -0.2) is 0 Å². The summed E-state index contributed by atoms with van der Waals surface area (Å²) in [5.74, 6) is 0.973. The van der Waals surface area contributed by atoms with Gasteiger partial charge in [0.25, 0.3) is 0 Å². The first-order valence-electron chi connectivity index (χ1n) is 6.54. The van der Waals surface area contributed by atoms with Gasteiger partial charge in [0.15, 0.2) is 5.82 Å². The number of anilines is 3. The van der Waals surface area contributed by atoms with E-state index in [1.807, 2.05) is 32.2 Å². The summed E-state index contributed by atoms with van der Waals surface area (Å²) < 4.78 is 1.72. The summed E-state index contributed by atoms with van der Waals surface area (Å²) in [4.78, 5) is 0. The molecule has 104 valence electrons. The van der Waals surface area contributed by atoms with Gasteiger partial charge in [-0.1, -0.05) is 26.0 Å². The SMILES string of the molecule is Cc1cccc(Nc2c(N)c(C(C)C)nn2C)c1C#N. The molecule has 0 saturated heterocycles. The van der Waals surface area contributed by atoms with Gasteiger partial charge in [-0.3, -0.25) is 4.68 Å². The van der Waals surface area contributed by atoms with Crippen LogP contribution in [-0.4, -0.2) is 9.78 Å². The maximum absolute atomic E-state index is 9.27. The van der Waals surface area contributed by atoms with Gasteiger partial charge in [0, 0.05) is 7.05 Å². The summed E-state index contributed by atoms with van der Waals surface area (Å²) in [6.45, 7) is 6.02. The van der Waals surface area contributed by atoms with Crippen molar-refractivity contribution in [2.24, 2.45) is 7.05 Å². The Hall–Kier alpha value is -2.48. The second-order valence-corrected chi connectivity index (χ2v) is 5.16. The number of nitrogens with two attached hydrogens (primary N) is 1. The van der Waals surface area contributed by atoms with E-state index in [0.717, 1.165) is 22.8 Å². The number of rotatable bonds is 3. The van der Waals surface area contributed by atoms with E-state index in [1.54, 1.807) is 4.68 Å². The predicted octanol–water partition coefficient (Wildman–Crippen LogP) is 3.05. The Labute approximate surface area is 119 Å². The fourth-order valence-electron chi connectivity index (χ4n) is 2.18. The van der Waals surface area contributed by atoms with Crippen LogP contribution in [0.3, 0.4) is 0 Å². The molecule has 0 amide bonds. The van der Waals surface area contributed by atoms with Crippen LogP contribution in [0.15, 0.2) is 18.2 Å². The highest BCUT2D eigenvalue weighted by Crippen LogP contribution is 2.31. The molecule has 1 aromatic carbocycles. The Kier molecular flexibility index (Phi) is 3.66. The van der Waals surface area contributed by atoms with Crippen molar-refractivity contribution in [1.29, 1.82) is 5.26 Å². The van der Waals surface area contributed by atoms with Gasteiger partial charge in [0.2, 0.25) is 0 Å². The fourth-order valence-corrected chi connectivity index (χ4v) is 2.18. The van der Waals surface area contributed by atoms with Crippen LogP contribution in [0, 0.1) is 18.3 Å². The van der Waals surface area contributed by atoms with Crippen molar-refractivity contribution < 1.29 is 0 Å². The van der Waals surface area contributed by atoms with E-state index in [9.17, 15) is 5.26 Å². The molecule has 0 aliphatic rings. The zero-order valence-corrected chi connectivity index (χ0v) is 12.2. The highest BCUT2D eigenvalue weighted by molar-refractivity contribution is 5.75. The van der Waals surface area contributed by atoms with E-state index in [-0.39, 0.29) is 5.92 Å². The van der Waals surface area contributed by atoms with Gasteiger partial charge in [-0.15, -0.1) is 0 Å². The van der Waals surface area contributed by atoms with Crippen LogP contribution < -0.4 is 11.1 Å². The third-order valence-corrected chi connectivity index (χ3v) is 3.30. The van der Waals surface area contributed by atoms with Crippen molar-refractivity contribution in [3.63, 3.8) is 0 Å². The summed E-state index contributed by atoms with van der Waals surface area (Å²) in [6.07, 6.45) is 0. The molecule has 0 saturated carbocycles. The summed E-state index contributed by atoms with van der Waals surface area (Å²) in [6, 6.07) is 7.91. The molecule has 2 rings (SSSR count). The van der Waals surface area contributed by atoms with Gasteiger partial charge < -0.3 is 11.1 Å². The maximum Gasteiger partial charge on any atom is 0.152 e. The van der Waals surface area contributed by atoms with E-state index in [1.165, 1.54) is 0 Å². The van der Waals surface area contributed by atoms with Crippen LogP contribution in [0.1, 0.15) is 36.6 Å². The average Bonchev–Trinajstić information content (AvgIpc) is 2.67. The van der Waals surface area contributed by atoms with Crippen LogP contribution in [-0.2, 0) is 7.05 Å². The van der Waals surface area contributed by atoms with Crippen LogP contribution in [0.5, 0.6) is 0 Å². The van der Waals surface area contributed by atoms with Crippen molar-refractivity contribution in [3.8, 4) is 6.07 Å². The van der Waals surface area contributed by atoms with Crippen molar-refractivity contribution in [3.05, 3.63) is 35.0 Å². The first-order chi connectivity index (χ1) is 9.45. The van der Waals surface area contributed by atoms with E-state index in [0.29, 0.717) is 11.3 Å². The van der Waals surface area contributed by atoms with E-state index >= 15 is 0 Å². The molecule has 0 aliphatic heterocycles. The van der Waals surface area contributed by atoms with Crippen molar-refractivity contribution in [2.75, 3.05) is 11.1 Å². The van der Waals surface area contributed by atoms with Gasteiger partial charge in [0.05, 0.1) is 22.6 Å². The molecule has 2 aromatic rings. The number of nitrogens with zero attached hydrogens (tertiary/aromatic N) is 3. The summed E-state index contributed by atoms with van der Waals surface area (Å²) in [5.41, 5.74) is 9.95. The Morgan fingerprint density at radius 2 is 2.10 bits per heavy atom. The molecule has 1 aromatic heterocycles. The lowest BCUT2D eigenvalue weighted by atomic mass is 10.1. The van der Waals surface area contributed by atoms with Crippen molar-refractivity contribution in [1.82, 2.24) is 9.78 Å². The second kappa shape index (κ2) is 5.25. The maximum atomic E-state index is 9.27. The lowest BCUT2D eigenvalue weighted by molar-refractivity contribution is 0.718. The van der Waals surface area contributed by atoms with Crippen LogP contribution in [0.2, 0.25) is 0 Å². The topological polar surface area (TPSA) is 79.7 Å². The zero-order chi connectivity index (χ0) is 14.9. The highest BCUT2D eigenvalue weighted by atomic mass is 15.3. The molecule has 5 nitrogen and oxygen atoms in total. The molecule has 0 fully saturated rings. The smallest absolute Gasteiger partial charge is 0.152 e. The normalized spacial score (nSPS) is 10.6. The molecular formula is C15H19N5.